The van der Waals surface area contributed by atoms with Crippen molar-refractivity contribution in [3.63, 3.8) is 0 Å². The molecule has 0 radical (unpaired) electrons. The molecule has 0 fully saturated rings. The van der Waals surface area contributed by atoms with Crippen LogP contribution in [-0.4, -0.2) is 19.8 Å². The van der Waals surface area contributed by atoms with Gasteiger partial charge in [-0.15, -0.1) is 0 Å². The maximum atomic E-state index is 12.0. The van der Waals surface area contributed by atoms with E-state index >= 15 is 0 Å². The van der Waals surface area contributed by atoms with Crippen molar-refractivity contribution in [2.24, 2.45) is 0 Å². The van der Waals surface area contributed by atoms with Gasteiger partial charge in [-0.25, -0.2) is 13.1 Å². The van der Waals surface area contributed by atoms with Crippen molar-refractivity contribution in [3.05, 3.63) is 28.7 Å². The highest BCUT2D eigenvalue weighted by atomic mass is 79.9. The van der Waals surface area contributed by atoms with E-state index in [4.69, 9.17) is 0 Å². The highest BCUT2D eigenvalue weighted by Crippen LogP contribution is 2.21. The SMILES string of the molecule is CCC(CBr)NS(=O)(=O)c1ccccc1Br. The summed E-state index contributed by atoms with van der Waals surface area (Å²) < 4.78 is 27.3. The summed E-state index contributed by atoms with van der Waals surface area (Å²) in [7, 11) is -3.44. The van der Waals surface area contributed by atoms with Crippen molar-refractivity contribution < 1.29 is 8.42 Å². The van der Waals surface area contributed by atoms with Gasteiger partial charge in [-0.2, -0.15) is 0 Å². The molecule has 0 aliphatic carbocycles. The summed E-state index contributed by atoms with van der Waals surface area (Å²) in [6.45, 7) is 1.94. The Hall–Kier alpha value is 0.0900. The van der Waals surface area contributed by atoms with Crippen LogP contribution < -0.4 is 4.72 Å². The Morgan fingerprint density at radius 1 is 1.38 bits per heavy atom. The second-order valence-corrected chi connectivity index (χ2v) is 6.50. The second kappa shape index (κ2) is 6.14. The lowest BCUT2D eigenvalue weighted by atomic mass is 10.3. The van der Waals surface area contributed by atoms with Crippen LogP contribution in [0.1, 0.15) is 13.3 Å². The van der Waals surface area contributed by atoms with Crippen LogP contribution in [0.2, 0.25) is 0 Å². The Morgan fingerprint density at radius 3 is 2.50 bits per heavy atom. The molecule has 1 N–H and O–H groups in total. The zero-order valence-corrected chi connectivity index (χ0v) is 12.8. The van der Waals surface area contributed by atoms with Gasteiger partial charge in [0.1, 0.15) is 0 Å². The zero-order valence-electron chi connectivity index (χ0n) is 8.78. The van der Waals surface area contributed by atoms with Crippen LogP contribution in [0.4, 0.5) is 0 Å². The van der Waals surface area contributed by atoms with Gasteiger partial charge in [-0.05, 0) is 34.5 Å². The van der Waals surface area contributed by atoms with E-state index in [9.17, 15) is 8.42 Å². The quantitative estimate of drug-likeness (QED) is 0.810. The molecule has 0 aliphatic rings. The van der Waals surface area contributed by atoms with Gasteiger partial charge in [0.15, 0.2) is 0 Å². The monoisotopic (exact) mass is 369 g/mol. The predicted octanol–water partition coefficient (Wildman–Crippen LogP) is 2.90. The van der Waals surface area contributed by atoms with E-state index in [0.29, 0.717) is 9.80 Å². The van der Waals surface area contributed by atoms with Crippen molar-refractivity contribution in [2.75, 3.05) is 5.33 Å². The molecule has 1 aromatic rings. The van der Waals surface area contributed by atoms with E-state index in [1.807, 2.05) is 6.92 Å². The lowest BCUT2D eigenvalue weighted by Gasteiger charge is -2.14. The van der Waals surface area contributed by atoms with Gasteiger partial charge in [0.25, 0.3) is 0 Å². The van der Waals surface area contributed by atoms with Crippen molar-refractivity contribution in [1.82, 2.24) is 4.72 Å². The van der Waals surface area contributed by atoms with Gasteiger partial charge in [0.05, 0.1) is 4.90 Å². The second-order valence-electron chi connectivity index (χ2n) is 3.31. The van der Waals surface area contributed by atoms with Crippen molar-refractivity contribution in [1.29, 1.82) is 0 Å². The Balaban J connectivity index is 2.99. The van der Waals surface area contributed by atoms with Crippen molar-refractivity contribution in [3.8, 4) is 0 Å². The third kappa shape index (κ3) is 3.55. The first-order valence-corrected chi connectivity index (χ1v) is 8.24. The number of hydrogen-bond acceptors (Lipinski definition) is 2. The van der Waals surface area contributed by atoms with E-state index < -0.39 is 10.0 Å². The molecule has 0 aliphatic heterocycles. The standard InChI is InChI=1S/C10H13Br2NO2S/c1-2-8(7-11)13-16(14,15)10-6-4-3-5-9(10)12/h3-6,8,13H,2,7H2,1H3. The fourth-order valence-corrected chi connectivity index (χ4v) is 4.33. The summed E-state index contributed by atoms with van der Waals surface area (Å²) in [5, 5.41) is 0.604. The molecule has 1 unspecified atom stereocenters. The number of benzene rings is 1. The molecule has 3 nitrogen and oxygen atoms in total. The van der Waals surface area contributed by atoms with Gasteiger partial charge in [-0.1, -0.05) is 35.0 Å². The molecule has 0 saturated heterocycles. The Labute approximate surface area is 113 Å². The van der Waals surface area contributed by atoms with Crippen LogP contribution in [0, 0.1) is 0 Å². The lowest BCUT2D eigenvalue weighted by Crippen LogP contribution is -2.35. The molecule has 0 spiro atoms. The number of rotatable bonds is 5. The molecule has 0 aromatic heterocycles. The Morgan fingerprint density at radius 2 is 2.00 bits per heavy atom. The van der Waals surface area contributed by atoms with E-state index in [-0.39, 0.29) is 10.9 Å². The minimum Gasteiger partial charge on any atom is -0.207 e. The van der Waals surface area contributed by atoms with Crippen molar-refractivity contribution in [2.45, 2.75) is 24.3 Å². The lowest BCUT2D eigenvalue weighted by molar-refractivity contribution is 0.558. The summed E-state index contributed by atoms with van der Waals surface area (Å²) in [4.78, 5) is 0.273. The Bertz CT molecular complexity index is 444. The average Bonchev–Trinajstić information content (AvgIpc) is 2.26. The summed E-state index contributed by atoms with van der Waals surface area (Å²) in [6, 6.07) is 6.69. The molecule has 0 amide bonds. The molecule has 16 heavy (non-hydrogen) atoms. The van der Waals surface area contributed by atoms with E-state index in [1.165, 1.54) is 0 Å². The third-order valence-electron chi connectivity index (χ3n) is 2.13. The van der Waals surface area contributed by atoms with Crippen LogP contribution >= 0.6 is 31.9 Å². The van der Waals surface area contributed by atoms with Crippen LogP contribution in [0.15, 0.2) is 33.6 Å². The molecule has 1 rings (SSSR count). The fourth-order valence-electron chi connectivity index (χ4n) is 1.17. The molecular weight excluding hydrogens is 358 g/mol. The first kappa shape index (κ1) is 14.2. The Kier molecular flexibility index (Phi) is 5.43. The molecule has 1 aromatic carbocycles. The molecule has 0 bridgehead atoms. The molecule has 90 valence electrons. The topological polar surface area (TPSA) is 46.2 Å². The number of nitrogens with one attached hydrogen (secondary N) is 1. The number of alkyl halides is 1. The maximum absolute atomic E-state index is 12.0. The summed E-state index contributed by atoms with van der Waals surface area (Å²) >= 11 is 6.52. The maximum Gasteiger partial charge on any atom is 0.241 e. The summed E-state index contributed by atoms with van der Waals surface area (Å²) in [5.74, 6) is 0. The first-order chi connectivity index (χ1) is 7.51. The summed E-state index contributed by atoms with van der Waals surface area (Å²) in [5.41, 5.74) is 0. The summed E-state index contributed by atoms with van der Waals surface area (Å²) in [6.07, 6.45) is 0.745. The minimum atomic E-state index is -3.44. The van der Waals surface area contributed by atoms with Crippen LogP contribution in [0.25, 0.3) is 0 Å². The van der Waals surface area contributed by atoms with Crippen molar-refractivity contribution >= 4 is 41.9 Å². The van der Waals surface area contributed by atoms with Gasteiger partial charge < -0.3 is 0 Å². The van der Waals surface area contributed by atoms with E-state index in [2.05, 4.69) is 36.6 Å². The van der Waals surface area contributed by atoms with Crippen LogP contribution in [0.3, 0.4) is 0 Å². The average molecular weight is 371 g/mol. The van der Waals surface area contributed by atoms with E-state index in [0.717, 1.165) is 6.42 Å². The molecule has 1 atom stereocenters. The largest absolute Gasteiger partial charge is 0.241 e. The number of sulfonamides is 1. The zero-order chi connectivity index (χ0) is 12.2. The molecule has 0 saturated carbocycles. The highest BCUT2D eigenvalue weighted by Gasteiger charge is 2.20. The molecule has 6 heteroatoms. The van der Waals surface area contributed by atoms with Gasteiger partial charge in [0.2, 0.25) is 10.0 Å². The van der Waals surface area contributed by atoms with Gasteiger partial charge in [-0.3, -0.25) is 0 Å². The molecule has 0 heterocycles. The number of hydrogen-bond donors (Lipinski definition) is 1. The highest BCUT2D eigenvalue weighted by molar-refractivity contribution is 9.10. The smallest absolute Gasteiger partial charge is 0.207 e. The fraction of sp³-hybridized carbons (Fsp3) is 0.400. The minimum absolute atomic E-state index is 0.0860. The predicted molar refractivity (Wildman–Crippen MR) is 72.3 cm³/mol. The van der Waals surface area contributed by atoms with Gasteiger partial charge >= 0.3 is 0 Å². The van der Waals surface area contributed by atoms with Crippen LogP contribution in [-0.2, 0) is 10.0 Å². The van der Waals surface area contributed by atoms with Gasteiger partial charge in [0, 0.05) is 15.8 Å². The normalized spacial score (nSPS) is 13.7. The first-order valence-electron chi connectivity index (χ1n) is 4.84. The third-order valence-corrected chi connectivity index (χ3v) is 5.44. The van der Waals surface area contributed by atoms with E-state index in [1.54, 1.807) is 24.3 Å². The molecular formula is C10H13Br2NO2S. The number of halogens is 2. The van der Waals surface area contributed by atoms with Crippen LogP contribution in [0.5, 0.6) is 0 Å².